The Morgan fingerprint density at radius 2 is 2.00 bits per heavy atom. The molecule has 2 N–H and O–H groups in total. The molecule has 0 bridgehead atoms. The average Bonchev–Trinajstić information content (AvgIpc) is 2.37. The normalized spacial score (nSPS) is 19.1. The molecule has 100 valence electrons. The van der Waals surface area contributed by atoms with E-state index in [1.807, 2.05) is 0 Å². The molecular weight excluding hydrogens is 238 g/mol. The van der Waals surface area contributed by atoms with Crippen molar-refractivity contribution in [1.82, 2.24) is 10.2 Å². The van der Waals surface area contributed by atoms with Gasteiger partial charge < -0.3 is 10.4 Å². The molecular formula is C13H18F2N2O. The zero-order chi connectivity index (χ0) is 13.0. The summed E-state index contributed by atoms with van der Waals surface area (Å²) in [5.74, 6) is 0.127. The van der Waals surface area contributed by atoms with E-state index >= 15 is 0 Å². The van der Waals surface area contributed by atoms with Crippen LogP contribution in [0.1, 0.15) is 18.0 Å². The molecule has 5 heteroatoms. The molecule has 2 rings (SSSR count). The molecule has 0 saturated carbocycles. The van der Waals surface area contributed by atoms with Gasteiger partial charge in [-0.05, 0) is 17.7 Å². The molecule has 0 radical (unpaired) electrons. The highest BCUT2D eigenvalue weighted by Crippen LogP contribution is 2.29. The fourth-order valence-corrected chi connectivity index (χ4v) is 2.39. The summed E-state index contributed by atoms with van der Waals surface area (Å²) in [6.45, 7) is 3.15. The number of hydrogen-bond acceptors (Lipinski definition) is 3. The Balaban J connectivity index is 2.18. The number of piperazine rings is 1. The van der Waals surface area contributed by atoms with Crippen molar-refractivity contribution in [3.8, 4) is 5.75 Å². The maximum atomic E-state index is 12.7. The third-order valence-corrected chi connectivity index (χ3v) is 3.25. The topological polar surface area (TPSA) is 35.5 Å². The van der Waals surface area contributed by atoms with Crippen LogP contribution in [0.15, 0.2) is 24.3 Å². The molecule has 1 aromatic rings. The molecule has 18 heavy (non-hydrogen) atoms. The maximum Gasteiger partial charge on any atom is 0.240 e. The number of phenolic OH excluding ortho intramolecular Hbond substituents is 1. The van der Waals surface area contributed by atoms with Crippen molar-refractivity contribution in [2.45, 2.75) is 18.9 Å². The lowest BCUT2D eigenvalue weighted by molar-refractivity contribution is 0.0738. The molecule has 1 saturated heterocycles. The van der Waals surface area contributed by atoms with E-state index in [1.165, 1.54) is 0 Å². The molecule has 3 nitrogen and oxygen atoms in total. The second-order valence-corrected chi connectivity index (χ2v) is 4.52. The molecule has 0 spiro atoms. The fourth-order valence-electron chi connectivity index (χ4n) is 2.39. The summed E-state index contributed by atoms with van der Waals surface area (Å²) in [5.41, 5.74) is 0.761. The first-order valence-corrected chi connectivity index (χ1v) is 6.18. The Hall–Kier alpha value is -1.20. The number of halogens is 2. The van der Waals surface area contributed by atoms with Gasteiger partial charge in [-0.25, -0.2) is 8.78 Å². The molecule has 1 atom stereocenters. The van der Waals surface area contributed by atoms with Gasteiger partial charge in [-0.1, -0.05) is 12.1 Å². The van der Waals surface area contributed by atoms with Gasteiger partial charge in [-0.2, -0.15) is 0 Å². The Morgan fingerprint density at radius 1 is 1.28 bits per heavy atom. The lowest BCUT2D eigenvalue weighted by atomic mass is 10.0. The molecule has 1 heterocycles. The molecule has 0 unspecified atom stereocenters. The first kappa shape index (κ1) is 13.2. The van der Waals surface area contributed by atoms with Crippen LogP contribution in [0.25, 0.3) is 0 Å². The van der Waals surface area contributed by atoms with Crippen LogP contribution in [-0.4, -0.2) is 42.6 Å². The Kier molecular flexibility index (Phi) is 4.49. The van der Waals surface area contributed by atoms with Crippen molar-refractivity contribution >= 4 is 0 Å². The summed E-state index contributed by atoms with van der Waals surface area (Å²) in [6.07, 6.45) is -2.53. The van der Waals surface area contributed by atoms with E-state index in [4.69, 9.17) is 0 Å². The second-order valence-electron chi connectivity index (χ2n) is 4.52. The SMILES string of the molecule is Oc1cccc([C@@H](CC(F)F)N2CCNCC2)c1. The van der Waals surface area contributed by atoms with E-state index < -0.39 is 6.43 Å². The number of benzene rings is 1. The van der Waals surface area contributed by atoms with Gasteiger partial charge in [0.05, 0.1) is 0 Å². The lowest BCUT2D eigenvalue weighted by Crippen LogP contribution is -2.45. The zero-order valence-electron chi connectivity index (χ0n) is 10.1. The largest absolute Gasteiger partial charge is 0.508 e. The van der Waals surface area contributed by atoms with E-state index in [9.17, 15) is 13.9 Å². The Morgan fingerprint density at radius 3 is 2.61 bits per heavy atom. The standard InChI is InChI=1S/C13H18F2N2O/c14-13(15)9-12(17-6-4-16-5-7-17)10-2-1-3-11(18)8-10/h1-3,8,12-13,16,18H,4-7,9H2/t12-/m1/s1. The third kappa shape index (κ3) is 3.40. The minimum atomic E-state index is -2.34. The predicted octanol–water partition coefficient (Wildman–Crippen LogP) is 1.99. The summed E-state index contributed by atoms with van der Waals surface area (Å²) in [5, 5.41) is 12.7. The predicted molar refractivity (Wildman–Crippen MR) is 65.9 cm³/mol. The van der Waals surface area contributed by atoms with E-state index in [-0.39, 0.29) is 18.2 Å². The summed E-state index contributed by atoms with van der Waals surface area (Å²) < 4.78 is 25.4. The van der Waals surface area contributed by atoms with Crippen LogP contribution in [-0.2, 0) is 0 Å². The van der Waals surface area contributed by atoms with Gasteiger partial charge in [-0.15, -0.1) is 0 Å². The van der Waals surface area contributed by atoms with E-state index in [1.54, 1.807) is 24.3 Å². The van der Waals surface area contributed by atoms with Crippen LogP contribution in [0, 0.1) is 0 Å². The molecule has 0 aromatic heterocycles. The number of alkyl halides is 2. The van der Waals surface area contributed by atoms with Crippen LogP contribution in [0.2, 0.25) is 0 Å². The van der Waals surface area contributed by atoms with Crippen molar-refractivity contribution in [3.05, 3.63) is 29.8 Å². The highest BCUT2D eigenvalue weighted by Gasteiger charge is 2.25. The monoisotopic (exact) mass is 256 g/mol. The van der Waals surface area contributed by atoms with Crippen molar-refractivity contribution < 1.29 is 13.9 Å². The van der Waals surface area contributed by atoms with Crippen molar-refractivity contribution in [3.63, 3.8) is 0 Å². The number of phenols is 1. The molecule has 0 amide bonds. The Bertz CT molecular complexity index is 381. The fraction of sp³-hybridized carbons (Fsp3) is 0.538. The van der Waals surface area contributed by atoms with Gasteiger partial charge >= 0.3 is 0 Å². The van der Waals surface area contributed by atoms with Gasteiger partial charge in [-0.3, -0.25) is 4.90 Å². The highest BCUT2D eigenvalue weighted by atomic mass is 19.3. The van der Waals surface area contributed by atoms with Gasteiger partial charge in [0.1, 0.15) is 5.75 Å². The van der Waals surface area contributed by atoms with Crippen molar-refractivity contribution in [1.29, 1.82) is 0 Å². The molecule has 1 fully saturated rings. The first-order chi connectivity index (χ1) is 8.66. The van der Waals surface area contributed by atoms with Crippen LogP contribution in [0.3, 0.4) is 0 Å². The highest BCUT2D eigenvalue weighted by molar-refractivity contribution is 5.29. The minimum Gasteiger partial charge on any atom is -0.508 e. The number of aromatic hydroxyl groups is 1. The number of nitrogens with one attached hydrogen (secondary N) is 1. The van der Waals surface area contributed by atoms with E-state index in [2.05, 4.69) is 10.2 Å². The smallest absolute Gasteiger partial charge is 0.240 e. The van der Waals surface area contributed by atoms with Crippen LogP contribution >= 0.6 is 0 Å². The van der Waals surface area contributed by atoms with Gasteiger partial charge in [0.15, 0.2) is 0 Å². The summed E-state index contributed by atoms with van der Waals surface area (Å²) in [6, 6.07) is 6.31. The summed E-state index contributed by atoms with van der Waals surface area (Å²) in [4.78, 5) is 2.05. The first-order valence-electron chi connectivity index (χ1n) is 6.18. The van der Waals surface area contributed by atoms with Gasteiger partial charge in [0.25, 0.3) is 0 Å². The van der Waals surface area contributed by atoms with E-state index in [0.29, 0.717) is 0 Å². The Labute approximate surface area is 105 Å². The van der Waals surface area contributed by atoms with Crippen LogP contribution < -0.4 is 5.32 Å². The zero-order valence-corrected chi connectivity index (χ0v) is 10.1. The number of nitrogens with zero attached hydrogens (tertiary/aromatic N) is 1. The number of rotatable bonds is 4. The van der Waals surface area contributed by atoms with E-state index in [0.717, 1.165) is 31.7 Å². The summed E-state index contributed by atoms with van der Waals surface area (Å²) in [7, 11) is 0. The third-order valence-electron chi connectivity index (χ3n) is 3.25. The second kappa shape index (κ2) is 6.11. The molecule has 1 aromatic carbocycles. The van der Waals surface area contributed by atoms with Crippen molar-refractivity contribution in [2.75, 3.05) is 26.2 Å². The van der Waals surface area contributed by atoms with Crippen LogP contribution in [0.4, 0.5) is 8.78 Å². The molecule has 1 aliphatic rings. The van der Waals surface area contributed by atoms with Gasteiger partial charge in [0.2, 0.25) is 6.43 Å². The molecule has 1 aliphatic heterocycles. The van der Waals surface area contributed by atoms with Gasteiger partial charge in [0, 0.05) is 38.6 Å². The molecule has 0 aliphatic carbocycles. The van der Waals surface area contributed by atoms with Crippen LogP contribution in [0.5, 0.6) is 5.75 Å². The summed E-state index contributed by atoms with van der Waals surface area (Å²) >= 11 is 0. The lowest BCUT2D eigenvalue weighted by Gasteiger charge is -2.35. The number of hydrogen-bond donors (Lipinski definition) is 2. The van der Waals surface area contributed by atoms with Crippen molar-refractivity contribution in [2.24, 2.45) is 0 Å². The quantitative estimate of drug-likeness (QED) is 0.865. The minimum absolute atomic E-state index is 0.127. The average molecular weight is 256 g/mol. The maximum absolute atomic E-state index is 12.7.